The third-order valence-electron chi connectivity index (χ3n) is 9.34. The fourth-order valence-electron chi connectivity index (χ4n) is 6.54. The van der Waals surface area contributed by atoms with Gasteiger partial charge in [0.1, 0.15) is 23.5 Å². The quantitative estimate of drug-likeness (QED) is 0.0864. The topological polar surface area (TPSA) is 178 Å². The lowest BCUT2D eigenvalue weighted by Crippen LogP contribution is -2.46. The molecule has 7 rings (SSSR count). The second kappa shape index (κ2) is 14.0. The molecular weight excluding hydrogens is 699 g/mol. The number of hydrogen-bond acceptors (Lipinski definition) is 11. The minimum absolute atomic E-state index is 0.0274. The van der Waals surface area contributed by atoms with Gasteiger partial charge in [0, 0.05) is 0 Å². The number of methoxy groups -OCH3 is 1. The summed E-state index contributed by atoms with van der Waals surface area (Å²) in [5.41, 5.74) is -1.01. The Labute approximate surface area is 305 Å². The van der Waals surface area contributed by atoms with E-state index in [4.69, 9.17) is 25.1 Å². The number of aromatic amines is 1. The zero-order valence-electron chi connectivity index (χ0n) is 28.6. The molecule has 270 valence electrons. The average molecular weight is 734 g/mol. The Kier molecular flexibility index (Phi) is 9.37. The average Bonchev–Trinajstić information content (AvgIpc) is 3.72. The molecule has 0 bridgehead atoms. The van der Waals surface area contributed by atoms with Gasteiger partial charge in [-0.1, -0.05) is 96.4 Å². The fraction of sp³-hybridized carbons (Fsp3) is 0.205. The molecule has 1 fully saturated rings. The molecule has 53 heavy (non-hydrogen) atoms. The van der Waals surface area contributed by atoms with Gasteiger partial charge in [-0.15, -0.1) is 6.42 Å². The monoisotopic (exact) mass is 733 g/mol. The van der Waals surface area contributed by atoms with Crippen LogP contribution >= 0.6 is 0 Å². The van der Waals surface area contributed by atoms with E-state index in [9.17, 15) is 23.4 Å². The number of nitrogens with zero attached hydrogens (tertiary/aromatic N) is 3. The molecule has 0 unspecified atom stereocenters. The van der Waals surface area contributed by atoms with E-state index < -0.39 is 51.9 Å². The number of nitrogens with one attached hydrogen (secondary N) is 2. The van der Waals surface area contributed by atoms with E-state index in [1.807, 2.05) is 91.9 Å². The molecule has 6 aromatic rings. The summed E-state index contributed by atoms with van der Waals surface area (Å²) in [6.07, 6.45) is 2.20. The first-order valence-corrected chi connectivity index (χ1v) is 17.9. The number of ether oxygens (including phenoxy) is 2. The number of benzene rings is 4. The summed E-state index contributed by atoms with van der Waals surface area (Å²) in [5, 5.41) is 26.3. The van der Waals surface area contributed by atoms with Gasteiger partial charge in [0.15, 0.2) is 23.0 Å². The first kappa shape index (κ1) is 35.6. The number of H-pyrrole nitrogens is 1. The third kappa shape index (κ3) is 6.35. The molecule has 0 aliphatic carbocycles. The zero-order valence-corrected chi connectivity index (χ0v) is 29.4. The second-order valence-corrected chi connectivity index (χ2v) is 14.2. The largest absolute Gasteiger partial charge is 0.497 e. The van der Waals surface area contributed by atoms with Crippen LogP contribution in [0.3, 0.4) is 0 Å². The van der Waals surface area contributed by atoms with E-state index in [1.165, 1.54) is 23.0 Å². The Morgan fingerprint density at radius 1 is 0.981 bits per heavy atom. The molecule has 0 radical (unpaired) electrons. The van der Waals surface area contributed by atoms with Gasteiger partial charge in [0.25, 0.3) is 15.7 Å². The molecule has 1 aliphatic rings. The molecule has 0 amide bonds. The number of aromatic nitrogens is 4. The predicted octanol–water partition coefficient (Wildman–Crippen LogP) is 3.87. The Hall–Kier alpha value is -5.82. The van der Waals surface area contributed by atoms with Crippen LogP contribution in [0.25, 0.3) is 11.2 Å². The Balaban J connectivity index is 1.29. The highest BCUT2D eigenvalue weighted by atomic mass is 32.2. The molecular formula is C39H35N5O8S. The SMILES string of the molecule is C#C[C@@]1(O)[C@H](O)[C@@H](COS(=O)(=O)c2ccc(C)cc2)O[C@H]1n1cnc2c(=O)[nH]c(NC(c3ccccc3)(c3ccccc3)c3ccc(OC)cc3)nc21. The lowest BCUT2D eigenvalue weighted by Gasteiger charge is -2.37. The van der Waals surface area contributed by atoms with Crippen LogP contribution in [0.2, 0.25) is 0 Å². The number of terminal acetylenes is 1. The van der Waals surface area contributed by atoms with Gasteiger partial charge in [0.05, 0.1) is 24.9 Å². The predicted molar refractivity (Wildman–Crippen MR) is 196 cm³/mol. The van der Waals surface area contributed by atoms with Crippen molar-refractivity contribution in [2.24, 2.45) is 0 Å². The van der Waals surface area contributed by atoms with Crippen LogP contribution in [0.4, 0.5) is 5.95 Å². The normalized spacial score (nSPS) is 20.2. The van der Waals surface area contributed by atoms with E-state index in [1.54, 1.807) is 19.2 Å². The van der Waals surface area contributed by atoms with Crippen LogP contribution in [-0.2, 0) is 24.6 Å². The van der Waals surface area contributed by atoms with Gasteiger partial charge < -0.3 is 25.0 Å². The third-order valence-corrected chi connectivity index (χ3v) is 10.6. The summed E-state index contributed by atoms with van der Waals surface area (Å²) in [6, 6.07) is 32.7. The van der Waals surface area contributed by atoms with Crippen molar-refractivity contribution in [1.29, 1.82) is 0 Å². The molecule has 1 saturated heterocycles. The highest BCUT2D eigenvalue weighted by Crippen LogP contribution is 2.42. The van der Waals surface area contributed by atoms with Crippen LogP contribution in [0.1, 0.15) is 28.5 Å². The molecule has 4 atom stereocenters. The molecule has 14 heteroatoms. The van der Waals surface area contributed by atoms with Crippen LogP contribution < -0.4 is 15.6 Å². The Morgan fingerprint density at radius 2 is 1.58 bits per heavy atom. The van der Waals surface area contributed by atoms with E-state index >= 15 is 0 Å². The maximum absolute atomic E-state index is 13.6. The zero-order chi connectivity index (χ0) is 37.4. The van der Waals surface area contributed by atoms with Gasteiger partial charge in [-0.3, -0.25) is 18.5 Å². The van der Waals surface area contributed by atoms with E-state index in [2.05, 4.69) is 21.2 Å². The van der Waals surface area contributed by atoms with Crippen molar-refractivity contribution in [2.75, 3.05) is 19.0 Å². The number of hydrogen-bond donors (Lipinski definition) is 4. The van der Waals surface area contributed by atoms with Crippen molar-refractivity contribution in [1.82, 2.24) is 19.5 Å². The molecule has 1 aliphatic heterocycles. The number of imidazole rings is 1. The summed E-state index contributed by atoms with van der Waals surface area (Å²) >= 11 is 0. The van der Waals surface area contributed by atoms with Crippen LogP contribution in [0, 0.1) is 19.3 Å². The molecule has 3 heterocycles. The number of fused-ring (bicyclic) bond motifs is 1. The van der Waals surface area contributed by atoms with E-state index in [0.717, 1.165) is 22.3 Å². The minimum Gasteiger partial charge on any atom is -0.497 e. The smallest absolute Gasteiger partial charge is 0.297 e. The number of anilines is 1. The Morgan fingerprint density at radius 3 is 2.17 bits per heavy atom. The lowest BCUT2D eigenvalue weighted by atomic mass is 9.77. The molecule has 4 aromatic carbocycles. The van der Waals surface area contributed by atoms with Crippen molar-refractivity contribution >= 4 is 27.2 Å². The molecule has 13 nitrogen and oxygen atoms in total. The van der Waals surface area contributed by atoms with Gasteiger partial charge in [-0.2, -0.15) is 13.4 Å². The lowest BCUT2D eigenvalue weighted by molar-refractivity contribution is -0.0708. The number of aliphatic hydroxyl groups is 2. The van der Waals surface area contributed by atoms with E-state index in [0.29, 0.717) is 5.75 Å². The van der Waals surface area contributed by atoms with Crippen LogP contribution in [-0.4, -0.2) is 69.7 Å². The highest BCUT2D eigenvalue weighted by molar-refractivity contribution is 7.86. The van der Waals surface area contributed by atoms with Crippen LogP contribution in [0.15, 0.2) is 125 Å². The first-order valence-electron chi connectivity index (χ1n) is 16.5. The van der Waals surface area contributed by atoms with E-state index in [-0.39, 0.29) is 22.0 Å². The van der Waals surface area contributed by atoms with Crippen molar-refractivity contribution in [3.05, 3.63) is 148 Å². The second-order valence-electron chi connectivity index (χ2n) is 12.6. The fourth-order valence-corrected chi connectivity index (χ4v) is 7.45. The summed E-state index contributed by atoms with van der Waals surface area (Å²) in [7, 11) is -2.67. The molecule has 2 aromatic heterocycles. The summed E-state index contributed by atoms with van der Waals surface area (Å²) in [5.74, 6) is 2.86. The summed E-state index contributed by atoms with van der Waals surface area (Å²) in [4.78, 5) is 25.3. The number of aryl methyl sites for hydroxylation is 1. The molecule has 0 saturated carbocycles. The van der Waals surface area contributed by atoms with Crippen molar-refractivity contribution in [3.8, 4) is 18.1 Å². The van der Waals surface area contributed by atoms with Crippen LogP contribution in [0.5, 0.6) is 5.75 Å². The Bertz CT molecular complexity index is 2410. The van der Waals surface area contributed by atoms with Crippen molar-refractivity contribution in [2.45, 2.75) is 41.4 Å². The summed E-state index contributed by atoms with van der Waals surface area (Å²) < 4.78 is 43.7. The molecule has 4 N–H and O–H groups in total. The maximum Gasteiger partial charge on any atom is 0.297 e. The van der Waals surface area contributed by atoms with Gasteiger partial charge >= 0.3 is 0 Å². The maximum atomic E-state index is 13.6. The summed E-state index contributed by atoms with van der Waals surface area (Å²) in [6.45, 7) is 1.13. The minimum atomic E-state index is -4.26. The van der Waals surface area contributed by atoms with Crippen molar-refractivity contribution < 1.29 is 32.3 Å². The molecule has 0 spiro atoms. The van der Waals surface area contributed by atoms with Crippen molar-refractivity contribution in [3.63, 3.8) is 0 Å². The van der Waals surface area contributed by atoms with Gasteiger partial charge in [-0.05, 0) is 47.9 Å². The number of rotatable bonds is 11. The number of aliphatic hydroxyl groups excluding tert-OH is 1. The van der Waals surface area contributed by atoms with Gasteiger partial charge in [0.2, 0.25) is 5.95 Å². The first-order chi connectivity index (χ1) is 25.5. The highest BCUT2D eigenvalue weighted by Gasteiger charge is 2.56. The van der Waals surface area contributed by atoms with Gasteiger partial charge in [-0.25, -0.2) is 4.98 Å². The standard InChI is InChI=1S/C39H35N5O8S/c1-4-38(47)33(45)31(23-51-53(48,49)30-21-15-25(2)16-22-30)52-36(38)44-24-40-32-34(44)41-37(42-35(32)46)43-39(26-11-7-5-8-12-26,27-13-9-6-10-14-27)28-17-19-29(50-3)20-18-28/h1,5-22,24,31,33,36,45,47H,23H2,2-3H3,(H2,41,42,43,46)/t31-,33-,36-,38-/m1/s1.